The molecule has 10 nitrogen and oxygen atoms in total. The lowest BCUT2D eigenvalue weighted by molar-refractivity contribution is -0.152. The van der Waals surface area contributed by atoms with Gasteiger partial charge in [0.15, 0.2) is 5.79 Å². The summed E-state index contributed by atoms with van der Waals surface area (Å²) in [6.07, 6.45) is 0.135. The first-order chi connectivity index (χ1) is 19.7. The van der Waals surface area contributed by atoms with Crippen molar-refractivity contribution in [2.24, 2.45) is 5.73 Å². The van der Waals surface area contributed by atoms with Gasteiger partial charge in [-0.25, -0.2) is 8.78 Å². The first-order valence-electron chi connectivity index (χ1n) is 12.8. The molecule has 1 unspecified atom stereocenters. The molecule has 41 heavy (non-hydrogen) atoms. The van der Waals surface area contributed by atoms with E-state index in [9.17, 15) is 23.2 Å². The van der Waals surface area contributed by atoms with E-state index in [-0.39, 0.29) is 42.0 Å². The fraction of sp³-hybridized carbons (Fsp3) is 0.286. The number of likely N-dealkylation sites (tertiary alicyclic amines) is 1. The summed E-state index contributed by atoms with van der Waals surface area (Å²) >= 11 is 1.35. The van der Waals surface area contributed by atoms with Gasteiger partial charge in [-0.05, 0) is 35.9 Å². The molecule has 13 heteroatoms. The van der Waals surface area contributed by atoms with Crippen molar-refractivity contribution in [1.29, 1.82) is 5.41 Å². The van der Waals surface area contributed by atoms with Crippen molar-refractivity contribution in [2.75, 3.05) is 26.3 Å². The predicted molar refractivity (Wildman–Crippen MR) is 146 cm³/mol. The maximum Gasteiger partial charge on any atom is 0.251 e. The van der Waals surface area contributed by atoms with Crippen LogP contribution in [0.3, 0.4) is 0 Å². The van der Waals surface area contributed by atoms with E-state index in [1.165, 1.54) is 46.6 Å². The molecule has 3 heterocycles. The Labute approximate surface area is 237 Å². The summed E-state index contributed by atoms with van der Waals surface area (Å²) in [7, 11) is 0. The number of carbonyl (C=O) groups excluding carboxylic acids is 3. The van der Waals surface area contributed by atoms with Gasteiger partial charge < -0.3 is 30.7 Å². The van der Waals surface area contributed by atoms with Gasteiger partial charge in [-0.3, -0.25) is 19.8 Å². The van der Waals surface area contributed by atoms with E-state index in [1.54, 1.807) is 11.4 Å². The first kappa shape index (κ1) is 28.3. The van der Waals surface area contributed by atoms with Crippen LogP contribution in [-0.2, 0) is 25.6 Å². The van der Waals surface area contributed by atoms with Gasteiger partial charge in [0.25, 0.3) is 5.91 Å². The molecule has 1 aromatic heterocycles. The zero-order valence-electron chi connectivity index (χ0n) is 21.7. The quantitative estimate of drug-likeness (QED) is 0.237. The van der Waals surface area contributed by atoms with Crippen molar-refractivity contribution in [3.8, 4) is 11.1 Å². The van der Waals surface area contributed by atoms with Gasteiger partial charge in [0.2, 0.25) is 11.8 Å². The highest BCUT2D eigenvalue weighted by atomic mass is 32.1. The zero-order valence-corrected chi connectivity index (χ0v) is 22.6. The molecular weight excluding hydrogens is 556 g/mol. The topological polar surface area (TPSA) is 147 Å². The van der Waals surface area contributed by atoms with Crippen molar-refractivity contribution in [1.82, 2.24) is 15.5 Å². The molecule has 0 bridgehead atoms. The Balaban J connectivity index is 1.22. The number of hydrogen-bond donors (Lipinski definition) is 4. The molecule has 5 rings (SSSR count). The third-order valence-electron chi connectivity index (χ3n) is 6.93. The highest BCUT2D eigenvalue weighted by molar-refractivity contribution is 7.10. The Morgan fingerprint density at radius 3 is 2.37 bits per heavy atom. The highest BCUT2D eigenvalue weighted by Gasteiger charge is 2.52. The van der Waals surface area contributed by atoms with Crippen LogP contribution < -0.4 is 16.4 Å². The third-order valence-corrected chi connectivity index (χ3v) is 7.87. The van der Waals surface area contributed by atoms with Crippen LogP contribution >= 0.6 is 11.3 Å². The van der Waals surface area contributed by atoms with Crippen LogP contribution in [0, 0.1) is 17.0 Å². The summed E-state index contributed by atoms with van der Waals surface area (Å²) in [5.41, 5.74) is 6.32. The van der Waals surface area contributed by atoms with E-state index in [0.717, 1.165) is 17.0 Å². The number of hydrogen-bond acceptors (Lipinski definition) is 7. The Morgan fingerprint density at radius 2 is 1.73 bits per heavy atom. The SMILES string of the molecule is N=C(N)c1csc(CNC(=O)C2CC3(CN2C(=O)CNC(=O)c2ccc(-c4c(F)cccc4F)cc2)OCCO3)c1. The molecule has 214 valence electrons. The number of carbonyl (C=O) groups is 3. The summed E-state index contributed by atoms with van der Waals surface area (Å²) in [4.78, 5) is 41.2. The van der Waals surface area contributed by atoms with Gasteiger partial charge in [0.05, 0.1) is 38.4 Å². The first-order valence-corrected chi connectivity index (χ1v) is 13.6. The van der Waals surface area contributed by atoms with Gasteiger partial charge in [-0.1, -0.05) is 18.2 Å². The number of rotatable bonds is 8. The number of nitrogens with one attached hydrogen (secondary N) is 3. The zero-order chi connectivity index (χ0) is 29.1. The summed E-state index contributed by atoms with van der Waals surface area (Å²) in [5.74, 6) is -4.09. The van der Waals surface area contributed by atoms with E-state index < -0.39 is 47.7 Å². The van der Waals surface area contributed by atoms with Crippen molar-refractivity contribution < 1.29 is 32.6 Å². The molecule has 1 spiro atoms. The van der Waals surface area contributed by atoms with Crippen LogP contribution in [0.5, 0.6) is 0 Å². The van der Waals surface area contributed by atoms with Gasteiger partial charge in [-0.15, -0.1) is 11.3 Å². The van der Waals surface area contributed by atoms with Crippen molar-refractivity contribution in [2.45, 2.75) is 24.8 Å². The van der Waals surface area contributed by atoms with Crippen LogP contribution in [0.2, 0.25) is 0 Å². The number of nitrogen functional groups attached to an aromatic ring is 1. The number of ether oxygens (including phenoxy) is 2. The highest BCUT2D eigenvalue weighted by Crippen LogP contribution is 2.35. The Morgan fingerprint density at radius 1 is 1.05 bits per heavy atom. The van der Waals surface area contributed by atoms with Gasteiger partial charge >= 0.3 is 0 Å². The molecule has 3 amide bonds. The Hall–Kier alpha value is -4.20. The molecule has 0 radical (unpaired) electrons. The number of benzene rings is 2. The standard InChI is InChI=1S/C28H27F2N5O5S/c29-20-2-1-3-21(30)24(20)16-4-6-17(7-5-16)26(37)34-13-23(36)35-15-28(39-8-9-40-28)11-22(35)27(38)33-12-19-10-18(14-41-19)25(31)32/h1-7,10,14,22H,8-9,11-13,15H2,(H3,31,32)(H,33,38)(H,34,37). The minimum atomic E-state index is -1.09. The molecule has 1 atom stereocenters. The molecule has 0 aliphatic carbocycles. The van der Waals surface area contributed by atoms with Crippen LogP contribution in [0.25, 0.3) is 11.1 Å². The van der Waals surface area contributed by atoms with Gasteiger partial charge in [0, 0.05) is 27.8 Å². The summed E-state index contributed by atoms with van der Waals surface area (Å²) in [6.45, 7) is 0.491. The average Bonchev–Trinajstić information content (AvgIpc) is 3.71. The summed E-state index contributed by atoms with van der Waals surface area (Å²) in [5, 5.41) is 14.6. The largest absolute Gasteiger partial charge is 0.384 e. The van der Waals surface area contributed by atoms with Crippen molar-refractivity contribution >= 4 is 34.9 Å². The number of thiophene rings is 1. The predicted octanol–water partition coefficient (Wildman–Crippen LogP) is 2.37. The normalized spacial score (nSPS) is 17.5. The lowest BCUT2D eigenvalue weighted by Gasteiger charge is -2.24. The van der Waals surface area contributed by atoms with E-state index >= 15 is 0 Å². The number of nitrogens with two attached hydrogens (primary N) is 1. The van der Waals surface area contributed by atoms with Gasteiger partial charge in [-0.2, -0.15) is 0 Å². The summed E-state index contributed by atoms with van der Waals surface area (Å²) in [6, 6.07) is 10.0. The number of halogens is 2. The molecule has 3 aromatic rings. The van der Waals surface area contributed by atoms with Crippen molar-refractivity contribution in [3.05, 3.63) is 81.5 Å². The number of nitrogens with zero attached hydrogens (tertiary/aromatic N) is 1. The minimum absolute atomic E-state index is 0.0240. The summed E-state index contributed by atoms with van der Waals surface area (Å²) < 4.78 is 39.7. The second-order valence-electron chi connectivity index (χ2n) is 9.64. The molecule has 5 N–H and O–H groups in total. The maximum absolute atomic E-state index is 14.1. The van der Waals surface area contributed by atoms with E-state index in [0.29, 0.717) is 18.8 Å². The second kappa shape index (κ2) is 11.7. The lowest BCUT2D eigenvalue weighted by atomic mass is 10.0. The number of amidine groups is 1. The molecule has 2 aliphatic rings. The Kier molecular flexibility index (Phi) is 8.10. The molecule has 2 fully saturated rings. The Bertz CT molecular complexity index is 1470. The third kappa shape index (κ3) is 6.11. The fourth-order valence-electron chi connectivity index (χ4n) is 4.87. The monoisotopic (exact) mass is 583 g/mol. The molecule has 2 aliphatic heterocycles. The van der Waals surface area contributed by atoms with Crippen LogP contribution in [0.4, 0.5) is 8.78 Å². The molecule has 2 aromatic carbocycles. The maximum atomic E-state index is 14.1. The lowest BCUT2D eigenvalue weighted by Crippen LogP contribution is -2.49. The number of amides is 3. The minimum Gasteiger partial charge on any atom is -0.384 e. The van der Waals surface area contributed by atoms with Gasteiger partial charge in [0.1, 0.15) is 23.5 Å². The fourth-order valence-corrected chi connectivity index (χ4v) is 5.69. The van der Waals surface area contributed by atoms with E-state index in [2.05, 4.69) is 10.6 Å². The van der Waals surface area contributed by atoms with E-state index in [4.69, 9.17) is 20.6 Å². The average molecular weight is 584 g/mol. The van der Waals surface area contributed by atoms with Crippen LogP contribution in [0.15, 0.2) is 53.9 Å². The van der Waals surface area contributed by atoms with Crippen molar-refractivity contribution in [3.63, 3.8) is 0 Å². The van der Waals surface area contributed by atoms with E-state index in [1.807, 2.05) is 0 Å². The molecular formula is C28H27F2N5O5S. The second-order valence-corrected chi connectivity index (χ2v) is 10.6. The molecule has 0 saturated carbocycles. The van der Waals surface area contributed by atoms with Crippen LogP contribution in [0.1, 0.15) is 27.2 Å². The smallest absolute Gasteiger partial charge is 0.251 e. The molecule has 2 saturated heterocycles. The van der Waals surface area contributed by atoms with Crippen LogP contribution in [-0.4, -0.2) is 66.6 Å².